The van der Waals surface area contributed by atoms with Gasteiger partial charge in [0.2, 0.25) is 0 Å². The van der Waals surface area contributed by atoms with Gasteiger partial charge in [-0.2, -0.15) is 0 Å². The van der Waals surface area contributed by atoms with E-state index in [1.807, 2.05) is 12.1 Å². The number of carbonyl (C=O) groups excluding carboxylic acids is 1. The fourth-order valence-corrected chi connectivity index (χ4v) is 3.69. The number of anilines is 1. The lowest BCUT2D eigenvalue weighted by Gasteiger charge is -2.16. The maximum absolute atomic E-state index is 12.7. The molecule has 0 spiro atoms. The van der Waals surface area contributed by atoms with E-state index in [0.29, 0.717) is 10.9 Å². The van der Waals surface area contributed by atoms with Crippen molar-refractivity contribution in [3.8, 4) is 0 Å². The van der Waals surface area contributed by atoms with E-state index in [0.717, 1.165) is 12.0 Å². The van der Waals surface area contributed by atoms with Crippen molar-refractivity contribution in [2.75, 3.05) is 18.8 Å². The van der Waals surface area contributed by atoms with Crippen LogP contribution in [0.4, 0.5) is 5.69 Å². The molecular formula is C19H23ClN2O3S. The third kappa shape index (κ3) is 4.56. The molecule has 5 nitrogen and oxygen atoms in total. The highest BCUT2D eigenvalue weighted by atomic mass is 35.5. The first-order valence-corrected chi connectivity index (χ1v) is 10.2. The van der Waals surface area contributed by atoms with Gasteiger partial charge in [-0.1, -0.05) is 37.6 Å². The average molecular weight is 395 g/mol. The lowest BCUT2D eigenvalue weighted by atomic mass is 9.99. The molecule has 1 N–H and O–H groups in total. The number of nitrogens with zero attached hydrogens (tertiary/aromatic N) is 1. The molecule has 26 heavy (non-hydrogen) atoms. The van der Waals surface area contributed by atoms with Crippen LogP contribution in [0.1, 0.15) is 42.1 Å². The summed E-state index contributed by atoms with van der Waals surface area (Å²) in [5.41, 5.74) is 1.47. The number of nitrogens with one attached hydrogen (secondary N) is 1. The fraction of sp³-hybridized carbons (Fsp3) is 0.316. The van der Waals surface area contributed by atoms with E-state index in [1.54, 1.807) is 32.3 Å². The van der Waals surface area contributed by atoms with Gasteiger partial charge in [0.1, 0.15) is 0 Å². The van der Waals surface area contributed by atoms with Crippen molar-refractivity contribution in [1.29, 1.82) is 0 Å². The van der Waals surface area contributed by atoms with Gasteiger partial charge >= 0.3 is 0 Å². The molecular weight excluding hydrogens is 372 g/mol. The second-order valence-corrected chi connectivity index (χ2v) is 8.49. The summed E-state index contributed by atoms with van der Waals surface area (Å²) < 4.78 is 27.9. The maximum Gasteiger partial charge on any atom is 0.261 e. The number of carbonyl (C=O) groups is 1. The predicted molar refractivity (Wildman–Crippen MR) is 105 cm³/mol. The Hall–Kier alpha value is -2.05. The minimum absolute atomic E-state index is 0.132. The molecule has 2 rings (SSSR count). The van der Waals surface area contributed by atoms with Crippen LogP contribution in [-0.4, -0.2) is 33.3 Å². The zero-order valence-corrected chi connectivity index (χ0v) is 16.9. The smallest absolute Gasteiger partial charge is 0.261 e. The van der Waals surface area contributed by atoms with E-state index in [4.69, 9.17) is 11.6 Å². The number of benzene rings is 2. The average Bonchev–Trinajstić information content (AvgIpc) is 2.60. The highest BCUT2D eigenvalue weighted by Crippen LogP contribution is 2.26. The molecule has 1 amide bonds. The normalized spacial score (nSPS) is 12.5. The second kappa shape index (κ2) is 8.10. The molecule has 2 aromatic rings. The number of halogens is 1. The van der Waals surface area contributed by atoms with E-state index in [1.165, 1.54) is 17.0 Å². The minimum Gasteiger partial charge on any atom is -0.345 e. The van der Waals surface area contributed by atoms with Gasteiger partial charge < -0.3 is 4.90 Å². The molecule has 0 bridgehead atoms. The topological polar surface area (TPSA) is 66.5 Å². The van der Waals surface area contributed by atoms with Gasteiger partial charge in [-0.3, -0.25) is 9.52 Å². The van der Waals surface area contributed by atoms with Crippen LogP contribution >= 0.6 is 11.6 Å². The molecule has 1 unspecified atom stereocenters. The Labute approximate surface area is 160 Å². The monoisotopic (exact) mass is 394 g/mol. The van der Waals surface area contributed by atoms with Crippen molar-refractivity contribution in [3.05, 3.63) is 58.6 Å². The summed E-state index contributed by atoms with van der Waals surface area (Å²) in [6.07, 6.45) is 0.975. The Morgan fingerprint density at radius 2 is 1.77 bits per heavy atom. The Morgan fingerprint density at radius 1 is 1.15 bits per heavy atom. The summed E-state index contributed by atoms with van der Waals surface area (Å²) in [7, 11) is -0.640. The Bertz CT molecular complexity index is 894. The molecule has 0 radical (unpaired) electrons. The van der Waals surface area contributed by atoms with Crippen molar-refractivity contribution in [2.45, 2.75) is 31.1 Å². The number of hydrogen-bond donors (Lipinski definition) is 1. The van der Waals surface area contributed by atoms with Gasteiger partial charge in [-0.15, -0.1) is 0 Å². The van der Waals surface area contributed by atoms with E-state index < -0.39 is 10.0 Å². The first-order chi connectivity index (χ1) is 12.2. The molecule has 1 atom stereocenters. The van der Waals surface area contributed by atoms with E-state index in [9.17, 15) is 13.2 Å². The van der Waals surface area contributed by atoms with Crippen LogP contribution < -0.4 is 4.72 Å². The van der Waals surface area contributed by atoms with Gasteiger partial charge in [0.05, 0.1) is 16.1 Å². The summed E-state index contributed by atoms with van der Waals surface area (Å²) in [6, 6.07) is 11.3. The number of sulfonamides is 1. The standard InChI is InChI=1S/C19H23ClN2O3S/c1-5-13(2)14-6-9-16(10-7-14)26(24,25)21-18-12-15(20)8-11-17(18)19(23)22(3)4/h6-13,21H,5H2,1-4H3. The maximum atomic E-state index is 12.7. The van der Waals surface area contributed by atoms with Crippen LogP contribution in [0, 0.1) is 0 Å². The van der Waals surface area contributed by atoms with Gasteiger partial charge in [0, 0.05) is 19.1 Å². The summed E-state index contributed by atoms with van der Waals surface area (Å²) in [5, 5.41) is 0.338. The fourth-order valence-electron chi connectivity index (χ4n) is 2.44. The molecule has 0 saturated heterocycles. The van der Waals surface area contributed by atoms with E-state index in [-0.39, 0.29) is 22.1 Å². The third-order valence-electron chi connectivity index (χ3n) is 4.23. The predicted octanol–water partition coefficient (Wildman–Crippen LogP) is 4.36. The highest BCUT2D eigenvalue weighted by Gasteiger charge is 2.20. The van der Waals surface area contributed by atoms with E-state index >= 15 is 0 Å². The minimum atomic E-state index is -3.84. The quantitative estimate of drug-likeness (QED) is 0.791. The lowest BCUT2D eigenvalue weighted by Crippen LogP contribution is -2.24. The molecule has 7 heteroatoms. The van der Waals surface area contributed by atoms with Crippen LogP contribution in [0.15, 0.2) is 47.4 Å². The van der Waals surface area contributed by atoms with Crippen molar-refractivity contribution in [2.24, 2.45) is 0 Å². The second-order valence-electron chi connectivity index (χ2n) is 6.37. The van der Waals surface area contributed by atoms with Gasteiger partial charge in [-0.05, 0) is 48.2 Å². The van der Waals surface area contributed by atoms with Crippen molar-refractivity contribution in [1.82, 2.24) is 4.90 Å². The summed E-state index contributed by atoms with van der Waals surface area (Å²) in [6.45, 7) is 4.17. The SMILES string of the molecule is CCC(C)c1ccc(S(=O)(=O)Nc2cc(Cl)ccc2C(=O)N(C)C)cc1. The van der Waals surface area contributed by atoms with Crippen molar-refractivity contribution in [3.63, 3.8) is 0 Å². The molecule has 2 aromatic carbocycles. The molecule has 0 heterocycles. The molecule has 0 aliphatic heterocycles. The molecule has 140 valence electrons. The number of hydrogen-bond acceptors (Lipinski definition) is 3. The van der Waals surface area contributed by atoms with Gasteiger partial charge in [0.25, 0.3) is 15.9 Å². The van der Waals surface area contributed by atoms with Gasteiger partial charge in [-0.25, -0.2) is 8.42 Å². The Morgan fingerprint density at radius 3 is 2.31 bits per heavy atom. The first-order valence-electron chi connectivity index (χ1n) is 8.29. The lowest BCUT2D eigenvalue weighted by molar-refractivity contribution is 0.0828. The van der Waals surface area contributed by atoms with E-state index in [2.05, 4.69) is 18.6 Å². The summed E-state index contributed by atoms with van der Waals surface area (Å²) in [4.78, 5) is 13.8. The Kier molecular flexibility index (Phi) is 6.31. The van der Waals surface area contributed by atoms with Gasteiger partial charge in [0.15, 0.2) is 0 Å². The van der Waals surface area contributed by atoms with Crippen LogP contribution in [-0.2, 0) is 10.0 Å². The molecule has 0 aliphatic rings. The van der Waals surface area contributed by atoms with Crippen LogP contribution in [0.3, 0.4) is 0 Å². The molecule has 0 fully saturated rings. The van der Waals surface area contributed by atoms with Crippen LogP contribution in [0.25, 0.3) is 0 Å². The van der Waals surface area contributed by atoms with Crippen LogP contribution in [0.5, 0.6) is 0 Å². The Balaban J connectivity index is 2.38. The molecule has 0 aliphatic carbocycles. The highest BCUT2D eigenvalue weighted by molar-refractivity contribution is 7.92. The first kappa shape index (κ1) is 20.3. The number of rotatable bonds is 6. The van der Waals surface area contributed by atoms with Crippen molar-refractivity contribution >= 4 is 33.2 Å². The zero-order chi connectivity index (χ0) is 19.5. The van der Waals surface area contributed by atoms with Crippen molar-refractivity contribution < 1.29 is 13.2 Å². The molecule has 0 saturated carbocycles. The number of amides is 1. The third-order valence-corrected chi connectivity index (χ3v) is 5.85. The largest absolute Gasteiger partial charge is 0.345 e. The molecule has 0 aromatic heterocycles. The summed E-state index contributed by atoms with van der Waals surface area (Å²) in [5.74, 6) is 0.0449. The van der Waals surface area contributed by atoms with Crippen LogP contribution in [0.2, 0.25) is 5.02 Å². The summed E-state index contributed by atoms with van der Waals surface area (Å²) >= 11 is 5.99. The zero-order valence-electron chi connectivity index (χ0n) is 15.3.